The highest BCUT2D eigenvalue weighted by molar-refractivity contribution is 14.1. The van der Waals surface area contributed by atoms with Crippen molar-refractivity contribution in [1.82, 2.24) is 0 Å². The molecule has 1 fully saturated rings. The Labute approximate surface area is 69.4 Å². The van der Waals surface area contributed by atoms with Crippen LogP contribution < -0.4 is 0 Å². The van der Waals surface area contributed by atoms with E-state index in [4.69, 9.17) is 0 Å². The minimum Gasteiger partial charge on any atom is -0.246 e. The van der Waals surface area contributed by atoms with Gasteiger partial charge < -0.3 is 0 Å². The van der Waals surface area contributed by atoms with Crippen LogP contribution in [0, 0.1) is 0 Å². The molecule has 0 saturated heterocycles. The Morgan fingerprint density at radius 3 is 2.56 bits per heavy atom. The van der Waals surface area contributed by atoms with E-state index in [-0.39, 0.29) is 0 Å². The van der Waals surface area contributed by atoms with E-state index in [1.54, 1.807) is 0 Å². The van der Waals surface area contributed by atoms with Gasteiger partial charge in [0.15, 0.2) is 0 Å². The predicted molar refractivity (Wildman–Crippen MR) is 45.8 cm³/mol. The fourth-order valence-electron chi connectivity index (χ4n) is 1.22. The van der Waals surface area contributed by atoms with Gasteiger partial charge in [0.2, 0.25) is 0 Å². The van der Waals surface area contributed by atoms with E-state index in [0.29, 0.717) is 3.92 Å². The molecule has 1 aliphatic rings. The molecule has 2 heteroatoms. The first-order valence-electron chi connectivity index (χ1n) is 3.59. The lowest BCUT2D eigenvalue weighted by molar-refractivity contribution is 0.315. The summed E-state index contributed by atoms with van der Waals surface area (Å²) in [5.41, 5.74) is 0. The third-order valence-corrected chi connectivity index (χ3v) is 3.26. The molecule has 54 valence electrons. The average Bonchev–Trinajstić information content (AvgIpc) is 1.99. The van der Waals surface area contributed by atoms with Crippen molar-refractivity contribution in [3.63, 3.8) is 0 Å². The van der Waals surface area contributed by atoms with E-state index in [0.717, 1.165) is 19.3 Å². The van der Waals surface area contributed by atoms with Gasteiger partial charge in [0, 0.05) is 3.92 Å². The Kier molecular flexibility index (Phi) is 3.22. The summed E-state index contributed by atoms with van der Waals surface area (Å²) < 4.78 is 13.1. The second-order valence-electron chi connectivity index (χ2n) is 2.67. The Morgan fingerprint density at radius 2 is 1.78 bits per heavy atom. The van der Waals surface area contributed by atoms with Gasteiger partial charge in [-0.05, 0) is 12.8 Å². The summed E-state index contributed by atoms with van der Waals surface area (Å²) in [5, 5.41) is 0. The fourth-order valence-corrected chi connectivity index (χ4v) is 2.02. The number of hydrogen-bond donors (Lipinski definition) is 0. The highest BCUT2D eigenvalue weighted by Gasteiger charge is 2.19. The van der Waals surface area contributed by atoms with Crippen molar-refractivity contribution in [3.8, 4) is 0 Å². The van der Waals surface area contributed by atoms with Gasteiger partial charge in [-0.2, -0.15) is 0 Å². The van der Waals surface area contributed by atoms with Gasteiger partial charge >= 0.3 is 0 Å². The monoisotopic (exact) mass is 242 g/mol. The quantitative estimate of drug-likeness (QED) is 0.348. The molecule has 0 N–H and O–H groups in total. The lowest BCUT2D eigenvalue weighted by atomic mass is 10.2. The van der Waals surface area contributed by atoms with Gasteiger partial charge in [-0.3, -0.25) is 0 Å². The topological polar surface area (TPSA) is 0 Å². The van der Waals surface area contributed by atoms with Crippen molar-refractivity contribution in [3.05, 3.63) is 0 Å². The van der Waals surface area contributed by atoms with Crippen LogP contribution in [0.3, 0.4) is 0 Å². The fraction of sp³-hybridized carbons (Fsp3) is 1.00. The van der Waals surface area contributed by atoms with E-state index >= 15 is 0 Å². The molecule has 0 nitrogen and oxygen atoms in total. The summed E-state index contributed by atoms with van der Waals surface area (Å²) in [6, 6.07) is 0. The molecule has 0 amide bonds. The van der Waals surface area contributed by atoms with Crippen LogP contribution in [0.15, 0.2) is 0 Å². The predicted octanol–water partition coefficient (Wildman–Crippen LogP) is 3.09. The molecule has 0 aliphatic heterocycles. The highest BCUT2D eigenvalue weighted by atomic mass is 127. The van der Waals surface area contributed by atoms with Crippen LogP contribution in [-0.2, 0) is 0 Å². The van der Waals surface area contributed by atoms with Crippen molar-refractivity contribution in [2.75, 3.05) is 0 Å². The molecule has 0 radical (unpaired) electrons. The molecule has 1 saturated carbocycles. The largest absolute Gasteiger partial charge is 0.246 e. The van der Waals surface area contributed by atoms with E-state index in [1.165, 1.54) is 12.8 Å². The second kappa shape index (κ2) is 3.74. The van der Waals surface area contributed by atoms with Crippen LogP contribution in [0.25, 0.3) is 0 Å². The molecule has 2 atom stereocenters. The van der Waals surface area contributed by atoms with Crippen molar-refractivity contribution >= 4 is 22.6 Å². The normalized spacial score (nSPS) is 38.0. The maximum absolute atomic E-state index is 12.8. The van der Waals surface area contributed by atoms with Crippen LogP contribution in [0.2, 0.25) is 0 Å². The van der Waals surface area contributed by atoms with Gasteiger partial charge in [0.1, 0.15) is 6.17 Å². The van der Waals surface area contributed by atoms with Crippen molar-refractivity contribution in [2.24, 2.45) is 0 Å². The molecular formula is C7H12FI. The molecule has 0 heterocycles. The second-order valence-corrected chi connectivity index (χ2v) is 4.27. The molecule has 0 aromatic rings. The molecule has 0 bridgehead atoms. The van der Waals surface area contributed by atoms with E-state index in [2.05, 4.69) is 22.6 Å². The van der Waals surface area contributed by atoms with E-state index in [9.17, 15) is 4.39 Å². The van der Waals surface area contributed by atoms with E-state index < -0.39 is 6.17 Å². The smallest absolute Gasteiger partial charge is 0.112 e. The summed E-state index contributed by atoms with van der Waals surface area (Å²) in [6.45, 7) is 0. The molecule has 0 unspecified atom stereocenters. The molecule has 0 aromatic carbocycles. The van der Waals surface area contributed by atoms with Gasteiger partial charge in [-0.15, -0.1) is 0 Å². The minimum absolute atomic E-state index is 0.296. The third-order valence-electron chi connectivity index (χ3n) is 1.85. The molecule has 9 heavy (non-hydrogen) atoms. The lowest BCUT2D eigenvalue weighted by Crippen LogP contribution is -2.12. The number of alkyl halides is 2. The van der Waals surface area contributed by atoms with Crippen molar-refractivity contribution in [2.45, 2.75) is 42.2 Å². The van der Waals surface area contributed by atoms with Crippen molar-refractivity contribution < 1.29 is 4.39 Å². The third kappa shape index (κ3) is 2.40. The highest BCUT2D eigenvalue weighted by Crippen LogP contribution is 2.25. The molecule has 0 aromatic heterocycles. The number of halogens is 2. The first-order chi connectivity index (χ1) is 4.30. The summed E-state index contributed by atoms with van der Waals surface area (Å²) in [7, 11) is 0. The number of rotatable bonds is 0. The van der Waals surface area contributed by atoms with Crippen LogP contribution in [0.5, 0.6) is 0 Å². The van der Waals surface area contributed by atoms with Crippen LogP contribution >= 0.6 is 22.6 Å². The zero-order chi connectivity index (χ0) is 6.69. The van der Waals surface area contributed by atoms with Crippen LogP contribution in [-0.4, -0.2) is 10.1 Å². The average molecular weight is 242 g/mol. The Morgan fingerprint density at radius 1 is 1.11 bits per heavy atom. The molecular weight excluding hydrogens is 230 g/mol. The van der Waals surface area contributed by atoms with Crippen LogP contribution in [0.1, 0.15) is 32.1 Å². The Balaban J connectivity index is 2.32. The first kappa shape index (κ1) is 7.76. The summed E-state index contributed by atoms with van der Waals surface area (Å²) in [4.78, 5) is 0. The molecule has 1 aliphatic carbocycles. The first-order valence-corrected chi connectivity index (χ1v) is 4.83. The molecule has 0 spiro atoms. The Bertz CT molecular complexity index is 75.0. The number of hydrogen-bond acceptors (Lipinski definition) is 0. The van der Waals surface area contributed by atoms with Crippen LogP contribution in [0.4, 0.5) is 4.39 Å². The van der Waals surface area contributed by atoms with Gasteiger partial charge in [0.25, 0.3) is 0 Å². The standard InChI is InChI=1S/C7H12FI/c8-6-4-2-1-3-5-7(6)9/h6-7H,1-5H2/t6-,7-/m1/s1. The minimum atomic E-state index is -0.520. The SMILES string of the molecule is F[C@@H]1CCCCC[C@H]1I. The van der Waals surface area contributed by atoms with Gasteiger partial charge in [-0.25, -0.2) is 4.39 Å². The van der Waals surface area contributed by atoms with E-state index in [1.807, 2.05) is 0 Å². The maximum Gasteiger partial charge on any atom is 0.112 e. The lowest BCUT2D eigenvalue weighted by Gasteiger charge is -2.08. The summed E-state index contributed by atoms with van der Waals surface area (Å²) >= 11 is 2.23. The summed E-state index contributed by atoms with van der Waals surface area (Å²) in [5.74, 6) is 0. The van der Waals surface area contributed by atoms with Gasteiger partial charge in [0.05, 0.1) is 0 Å². The maximum atomic E-state index is 12.8. The zero-order valence-electron chi connectivity index (χ0n) is 5.45. The molecule has 1 rings (SSSR count). The van der Waals surface area contributed by atoms with Crippen molar-refractivity contribution in [1.29, 1.82) is 0 Å². The Hall–Kier alpha value is 0.660. The van der Waals surface area contributed by atoms with Gasteiger partial charge in [-0.1, -0.05) is 41.9 Å². The zero-order valence-corrected chi connectivity index (χ0v) is 7.60. The summed E-state index contributed by atoms with van der Waals surface area (Å²) in [6.07, 6.45) is 4.93.